The van der Waals surface area contributed by atoms with Crippen LogP contribution < -0.4 is 5.32 Å². The van der Waals surface area contributed by atoms with Crippen LogP contribution in [0.15, 0.2) is 36.7 Å². The fourth-order valence-corrected chi connectivity index (χ4v) is 5.25. The fourth-order valence-electron chi connectivity index (χ4n) is 4.96. The molecule has 208 valence electrons. The molecule has 10 nitrogen and oxygen atoms in total. The summed E-state index contributed by atoms with van der Waals surface area (Å²) >= 11 is 11.8. The number of piperidine rings is 2. The zero-order valence-corrected chi connectivity index (χ0v) is 24.0. The van der Waals surface area contributed by atoms with Crippen LogP contribution in [-0.4, -0.2) is 58.9 Å². The van der Waals surface area contributed by atoms with Crippen molar-refractivity contribution in [2.24, 2.45) is 0 Å². The topological polar surface area (TPSA) is 102 Å². The standard InChI is InChI=1S/C16H21ClN4O2.C11H13ClN4/c1-16(2,3)23-15(22)20-9-5-4-6-12(20)11-10-21-14(18-11)8-7-13(17)19-21;12-10-4-5-11-14-9(7-16(11)15-10)8-3-1-2-6-13-8/h7-8,10,12H,4-6,9H2,1-3H3;4-5,7-8,13H,1-3,6H2/t12-;8-/m00/s1. The Morgan fingerprint density at radius 2 is 1.51 bits per heavy atom. The first-order valence-electron chi connectivity index (χ1n) is 13.4. The smallest absolute Gasteiger partial charge is 0.410 e. The zero-order chi connectivity index (χ0) is 27.6. The van der Waals surface area contributed by atoms with Crippen LogP contribution in [0.25, 0.3) is 11.3 Å². The molecule has 6 rings (SSSR count). The lowest BCUT2D eigenvalue weighted by Crippen LogP contribution is -2.42. The number of amides is 1. The maximum atomic E-state index is 12.5. The van der Waals surface area contributed by atoms with Crippen LogP contribution >= 0.6 is 23.2 Å². The van der Waals surface area contributed by atoms with Gasteiger partial charge in [0.2, 0.25) is 0 Å². The molecule has 6 heterocycles. The second kappa shape index (κ2) is 11.7. The van der Waals surface area contributed by atoms with E-state index in [-0.39, 0.29) is 12.1 Å². The molecule has 0 spiro atoms. The molecule has 1 N–H and O–H groups in total. The van der Waals surface area contributed by atoms with Crippen molar-refractivity contribution in [3.63, 3.8) is 0 Å². The first-order chi connectivity index (χ1) is 18.7. The van der Waals surface area contributed by atoms with Gasteiger partial charge < -0.3 is 10.1 Å². The largest absolute Gasteiger partial charge is 0.444 e. The second-order valence-corrected chi connectivity index (χ2v) is 11.7. The minimum atomic E-state index is -0.507. The van der Waals surface area contributed by atoms with Crippen molar-refractivity contribution in [3.05, 3.63) is 58.4 Å². The third-order valence-electron chi connectivity index (χ3n) is 6.75. The predicted molar refractivity (Wildman–Crippen MR) is 150 cm³/mol. The summed E-state index contributed by atoms with van der Waals surface area (Å²) in [6.45, 7) is 7.39. The molecule has 0 aromatic carbocycles. The molecule has 4 aromatic rings. The summed E-state index contributed by atoms with van der Waals surface area (Å²) in [5, 5.41) is 12.8. The lowest BCUT2D eigenvalue weighted by atomic mass is 10.0. The van der Waals surface area contributed by atoms with E-state index < -0.39 is 5.60 Å². The molecule has 1 amide bonds. The Morgan fingerprint density at radius 1 is 0.897 bits per heavy atom. The Balaban J connectivity index is 0.000000168. The second-order valence-electron chi connectivity index (χ2n) is 10.9. The lowest BCUT2D eigenvalue weighted by Gasteiger charge is -2.35. The van der Waals surface area contributed by atoms with Gasteiger partial charge in [-0.05, 0) is 83.7 Å². The van der Waals surface area contributed by atoms with Crippen LogP contribution in [0.3, 0.4) is 0 Å². The normalized spacial score (nSPS) is 20.1. The Labute approximate surface area is 237 Å². The Kier molecular flexibility index (Phi) is 8.25. The van der Waals surface area contributed by atoms with E-state index in [0.717, 1.165) is 54.9 Å². The van der Waals surface area contributed by atoms with Crippen molar-refractivity contribution in [2.45, 2.75) is 77.0 Å². The van der Waals surface area contributed by atoms with Crippen LogP contribution in [-0.2, 0) is 4.74 Å². The van der Waals surface area contributed by atoms with Crippen molar-refractivity contribution < 1.29 is 9.53 Å². The van der Waals surface area contributed by atoms with Gasteiger partial charge in [0.25, 0.3) is 0 Å². The number of imidazole rings is 2. The van der Waals surface area contributed by atoms with Gasteiger partial charge in [0.15, 0.2) is 11.3 Å². The highest BCUT2D eigenvalue weighted by Gasteiger charge is 2.33. The number of likely N-dealkylation sites (tertiary alicyclic amines) is 1. The maximum absolute atomic E-state index is 12.5. The molecule has 2 aliphatic heterocycles. The number of fused-ring (bicyclic) bond motifs is 2. The minimum absolute atomic E-state index is 0.0842. The average Bonchev–Trinajstić information content (AvgIpc) is 3.52. The zero-order valence-electron chi connectivity index (χ0n) is 22.5. The van der Waals surface area contributed by atoms with Gasteiger partial charge in [-0.3, -0.25) is 4.90 Å². The summed E-state index contributed by atoms with van der Waals surface area (Å²) < 4.78 is 8.93. The molecular weight excluding hydrogens is 539 g/mol. The van der Waals surface area contributed by atoms with E-state index in [0.29, 0.717) is 22.9 Å². The van der Waals surface area contributed by atoms with Crippen molar-refractivity contribution >= 4 is 40.6 Å². The molecule has 0 bridgehead atoms. The molecular formula is C27H34Cl2N8O2. The number of nitrogens with one attached hydrogen (secondary N) is 1. The van der Waals surface area contributed by atoms with Crippen molar-refractivity contribution in [3.8, 4) is 0 Å². The summed E-state index contributed by atoms with van der Waals surface area (Å²) in [6.07, 6.45) is 10.1. The number of carbonyl (C=O) groups is 1. The molecule has 2 fully saturated rings. The number of ether oxygens (including phenoxy) is 1. The van der Waals surface area contributed by atoms with Gasteiger partial charge >= 0.3 is 6.09 Å². The number of hydrogen-bond donors (Lipinski definition) is 1. The van der Waals surface area contributed by atoms with E-state index in [4.69, 9.17) is 27.9 Å². The summed E-state index contributed by atoms with van der Waals surface area (Å²) in [5.74, 6) is 0. The predicted octanol–water partition coefficient (Wildman–Crippen LogP) is 6.04. The lowest BCUT2D eigenvalue weighted by molar-refractivity contribution is 0.00905. The third-order valence-corrected chi connectivity index (χ3v) is 7.15. The third kappa shape index (κ3) is 6.80. The van der Waals surface area contributed by atoms with Gasteiger partial charge in [-0.15, -0.1) is 0 Å². The molecule has 2 aliphatic rings. The molecule has 0 unspecified atom stereocenters. The van der Waals surface area contributed by atoms with E-state index in [1.54, 1.807) is 26.1 Å². The number of rotatable bonds is 2. The van der Waals surface area contributed by atoms with Crippen molar-refractivity contribution in [1.82, 2.24) is 39.4 Å². The Hall–Kier alpha value is -2.95. The maximum Gasteiger partial charge on any atom is 0.410 e. The van der Waals surface area contributed by atoms with Gasteiger partial charge in [-0.25, -0.2) is 23.8 Å². The van der Waals surface area contributed by atoms with Gasteiger partial charge in [-0.2, -0.15) is 10.2 Å². The minimum Gasteiger partial charge on any atom is -0.444 e. The highest BCUT2D eigenvalue weighted by Crippen LogP contribution is 2.32. The van der Waals surface area contributed by atoms with Crippen LogP contribution in [0.5, 0.6) is 0 Å². The first kappa shape index (κ1) is 27.6. The monoisotopic (exact) mass is 572 g/mol. The van der Waals surface area contributed by atoms with Crippen molar-refractivity contribution in [1.29, 1.82) is 0 Å². The van der Waals surface area contributed by atoms with E-state index in [1.165, 1.54) is 12.8 Å². The molecule has 2 atom stereocenters. The summed E-state index contributed by atoms with van der Waals surface area (Å²) in [6, 6.07) is 7.47. The van der Waals surface area contributed by atoms with E-state index in [9.17, 15) is 4.79 Å². The van der Waals surface area contributed by atoms with E-state index in [2.05, 4.69) is 25.5 Å². The SMILES string of the molecule is CC(C)(C)OC(=O)N1CCCC[C@H]1c1cn2nc(Cl)ccc2n1.Clc1ccc2nc([C@@H]3CCCCN3)cn2n1. The molecule has 0 radical (unpaired) electrons. The van der Waals surface area contributed by atoms with E-state index >= 15 is 0 Å². The van der Waals surface area contributed by atoms with Crippen molar-refractivity contribution in [2.75, 3.05) is 13.1 Å². The molecule has 12 heteroatoms. The fraction of sp³-hybridized carbons (Fsp3) is 0.519. The highest BCUT2D eigenvalue weighted by atomic mass is 35.5. The summed E-state index contributed by atoms with van der Waals surface area (Å²) in [5.41, 5.74) is 2.96. The number of aromatic nitrogens is 6. The average molecular weight is 574 g/mol. The molecule has 39 heavy (non-hydrogen) atoms. The molecule has 0 aliphatic carbocycles. The van der Waals surface area contributed by atoms with Gasteiger partial charge in [0.1, 0.15) is 15.9 Å². The molecule has 0 saturated carbocycles. The number of carbonyl (C=O) groups excluding carboxylic acids is 1. The quantitative estimate of drug-likeness (QED) is 0.312. The number of halogens is 2. The number of hydrogen-bond acceptors (Lipinski definition) is 7. The highest BCUT2D eigenvalue weighted by molar-refractivity contribution is 6.29. The summed E-state index contributed by atoms with van der Waals surface area (Å²) in [7, 11) is 0. The van der Waals surface area contributed by atoms with Crippen LogP contribution in [0, 0.1) is 0 Å². The van der Waals surface area contributed by atoms with Crippen LogP contribution in [0.2, 0.25) is 10.3 Å². The van der Waals surface area contributed by atoms with Crippen LogP contribution in [0.4, 0.5) is 4.79 Å². The Bertz CT molecular complexity index is 1440. The first-order valence-corrected chi connectivity index (χ1v) is 14.2. The van der Waals surface area contributed by atoms with Crippen LogP contribution in [0.1, 0.15) is 82.8 Å². The van der Waals surface area contributed by atoms with E-state index in [1.807, 2.05) is 45.3 Å². The summed E-state index contributed by atoms with van der Waals surface area (Å²) in [4.78, 5) is 23.4. The van der Waals surface area contributed by atoms with Gasteiger partial charge in [0, 0.05) is 6.54 Å². The van der Waals surface area contributed by atoms with Gasteiger partial charge in [-0.1, -0.05) is 29.6 Å². The molecule has 4 aromatic heterocycles. The number of nitrogens with zero attached hydrogens (tertiary/aromatic N) is 7. The molecule has 2 saturated heterocycles. The Morgan fingerprint density at radius 3 is 2.13 bits per heavy atom. The van der Waals surface area contributed by atoms with Gasteiger partial charge in [0.05, 0.1) is 35.9 Å².